The summed E-state index contributed by atoms with van der Waals surface area (Å²) < 4.78 is 47.1. The summed E-state index contributed by atoms with van der Waals surface area (Å²) in [7, 11) is 0. The van der Waals surface area contributed by atoms with Crippen LogP contribution in [0.1, 0.15) is 58.8 Å². The summed E-state index contributed by atoms with van der Waals surface area (Å²) in [5.74, 6) is -0.0868. The van der Waals surface area contributed by atoms with Gasteiger partial charge in [0.2, 0.25) is 5.82 Å². The van der Waals surface area contributed by atoms with Crippen LogP contribution >= 0.6 is 0 Å². The van der Waals surface area contributed by atoms with Crippen molar-refractivity contribution in [1.82, 2.24) is 19.5 Å². The van der Waals surface area contributed by atoms with Crippen molar-refractivity contribution in [2.75, 3.05) is 18.5 Å². The molecule has 2 aromatic carbocycles. The molecule has 0 bridgehead atoms. The van der Waals surface area contributed by atoms with Crippen molar-refractivity contribution < 1.29 is 27.8 Å². The molecule has 0 aliphatic heterocycles. The number of fused-ring (bicyclic) bond motifs is 1. The Morgan fingerprint density at radius 3 is 2.42 bits per heavy atom. The average molecular weight is 554 g/mol. The molecule has 1 aliphatic rings. The lowest BCUT2D eigenvalue weighted by atomic mass is 9.83. The number of rotatable bonds is 12. The number of carboxylic acid groups (broad SMARTS) is 1. The number of nitrogens with one attached hydrogen (secondary N) is 1. The highest BCUT2D eigenvalue weighted by molar-refractivity contribution is 5.90. The van der Waals surface area contributed by atoms with Crippen molar-refractivity contribution in [1.29, 1.82) is 0 Å². The van der Waals surface area contributed by atoms with Crippen LogP contribution in [0.25, 0.3) is 11.2 Å². The molecule has 0 atom stereocenters. The minimum atomic E-state index is -4.43. The molecule has 1 aliphatic carbocycles. The lowest BCUT2D eigenvalue weighted by Gasteiger charge is -2.25. The normalized spacial score (nSPS) is 13.9. The van der Waals surface area contributed by atoms with Gasteiger partial charge in [0.25, 0.3) is 0 Å². The molecule has 11 heteroatoms. The molecule has 2 N–H and O–H groups in total. The van der Waals surface area contributed by atoms with Gasteiger partial charge in [-0.2, -0.15) is 13.2 Å². The van der Waals surface area contributed by atoms with E-state index in [-0.39, 0.29) is 18.0 Å². The van der Waals surface area contributed by atoms with Crippen LogP contribution in [-0.4, -0.2) is 43.7 Å². The fourth-order valence-electron chi connectivity index (χ4n) is 4.75. The van der Waals surface area contributed by atoms with Crippen LogP contribution in [0, 0.1) is 5.92 Å². The topological polar surface area (TPSA) is 102 Å². The molecule has 1 fully saturated rings. The molecule has 8 nitrogen and oxygen atoms in total. The van der Waals surface area contributed by atoms with Crippen molar-refractivity contribution in [3.63, 3.8) is 0 Å². The van der Waals surface area contributed by atoms with E-state index >= 15 is 0 Å². The third-order valence-electron chi connectivity index (χ3n) is 7.15. The fraction of sp³-hybridized carbons (Fsp3) is 0.379. The minimum absolute atomic E-state index is 0.204. The van der Waals surface area contributed by atoms with E-state index in [1.807, 2.05) is 34.9 Å². The van der Waals surface area contributed by atoms with Crippen LogP contribution in [0.15, 0.2) is 54.6 Å². The Morgan fingerprint density at radius 2 is 1.77 bits per heavy atom. The lowest BCUT2D eigenvalue weighted by Crippen LogP contribution is -2.17. The Balaban J connectivity index is 1.45. The van der Waals surface area contributed by atoms with Crippen LogP contribution < -0.4 is 5.32 Å². The van der Waals surface area contributed by atoms with Gasteiger partial charge < -0.3 is 19.7 Å². The molecule has 0 spiro atoms. The highest BCUT2D eigenvalue weighted by Crippen LogP contribution is 2.31. The van der Waals surface area contributed by atoms with Crippen molar-refractivity contribution in [2.24, 2.45) is 5.92 Å². The number of imidazole rings is 1. The van der Waals surface area contributed by atoms with Gasteiger partial charge >= 0.3 is 12.1 Å². The van der Waals surface area contributed by atoms with Crippen LogP contribution in [0.4, 0.5) is 19.0 Å². The first-order valence-corrected chi connectivity index (χ1v) is 13.3. The molecule has 0 radical (unpaired) electrons. The first kappa shape index (κ1) is 27.6. The number of carboxylic acids is 1. The van der Waals surface area contributed by atoms with Gasteiger partial charge in [0.1, 0.15) is 11.3 Å². The molecular weight excluding hydrogens is 523 g/mol. The zero-order valence-corrected chi connectivity index (χ0v) is 21.8. The van der Waals surface area contributed by atoms with E-state index in [9.17, 15) is 23.1 Å². The van der Waals surface area contributed by atoms with Crippen molar-refractivity contribution in [3.05, 3.63) is 82.9 Å². The smallest absolute Gasteiger partial charge is 0.416 e. The summed E-state index contributed by atoms with van der Waals surface area (Å²) in [6.07, 6.45) is 0.469. The number of hydrogen-bond donors (Lipinski definition) is 2. The fourth-order valence-corrected chi connectivity index (χ4v) is 4.75. The molecule has 1 saturated carbocycles. The zero-order valence-electron chi connectivity index (χ0n) is 21.8. The number of ether oxygens (including phenoxy) is 1. The number of anilines is 1. The van der Waals surface area contributed by atoms with Crippen molar-refractivity contribution in [3.8, 4) is 0 Å². The molecule has 2 heterocycles. The highest BCUT2D eigenvalue weighted by Gasteiger charge is 2.30. The van der Waals surface area contributed by atoms with Crippen LogP contribution in [0.2, 0.25) is 0 Å². The van der Waals surface area contributed by atoms with Gasteiger partial charge in [-0.25, -0.2) is 19.7 Å². The standard InChI is InChI=1S/C29H30F3N5O3/c30-29(31,32)22-11-9-20(10-12-22)17-37-23(14-16-40-18-21-5-2-1-3-6-21)34-26-24(37)25(35-27(36-26)28(38)39)33-15-13-19-7-4-8-19/h1-3,5-6,9-12,19H,4,7-8,13-18H2,(H,38,39)(H,33,35,36). The Morgan fingerprint density at radius 1 is 1.02 bits per heavy atom. The Kier molecular flexibility index (Phi) is 8.29. The number of halogens is 3. The van der Waals surface area contributed by atoms with Gasteiger partial charge in [-0.3, -0.25) is 0 Å². The van der Waals surface area contributed by atoms with Gasteiger partial charge in [0.15, 0.2) is 11.5 Å². The first-order valence-electron chi connectivity index (χ1n) is 13.3. The van der Waals surface area contributed by atoms with Crippen LogP contribution in [0.5, 0.6) is 0 Å². The predicted octanol–water partition coefficient (Wildman–Crippen LogP) is 5.95. The summed E-state index contributed by atoms with van der Waals surface area (Å²) in [4.78, 5) is 24.9. The number of aromatic carboxylic acids is 1. The van der Waals surface area contributed by atoms with Gasteiger partial charge in [0, 0.05) is 19.5 Å². The van der Waals surface area contributed by atoms with E-state index in [0.29, 0.717) is 54.8 Å². The van der Waals surface area contributed by atoms with Crippen LogP contribution in [-0.2, 0) is 30.5 Å². The van der Waals surface area contributed by atoms with E-state index in [2.05, 4.69) is 20.3 Å². The number of benzene rings is 2. The van der Waals surface area contributed by atoms with E-state index in [4.69, 9.17) is 4.74 Å². The lowest BCUT2D eigenvalue weighted by molar-refractivity contribution is -0.137. The van der Waals surface area contributed by atoms with Crippen molar-refractivity contribution >= 4 is 23.0 Å². The number of carbonyl (C=O) groups is 1. The molecule has 0 amide bonds. The maximum absolute atomic E-state index is 13.1. The second-order valence-electron chi connectivity index (χ2n) is 9.98. The van der Waals surface area contributed by atoms with Gasteiger partial charge in [-0.15, -0.1) is 0 Å². The molecule has 5 rings (SSSR count). The summed E-state index contributed by atoms with van der Waals surface area (Å²) in [6, 6.07) is 14.7. The molecule has 0 unspecified atom stereocenters. The summed E-state index contributed by atoms with van der Waals surface area (Å²) in [5.41, 5.74) is 1.64. The summed E-state index contributed by atoms with van der Waals surface area (Å²) in [5, 5.41) is 12.9. The largest absolute Gasteiger partial charge is 0.475 e. The van der Waals surface area contributed by atoms with E-state index in [0.717, 1.165) is 24.1 Å². The van der Waals surface area contributed by atoms with Crippen LogP contribution in [0.3, 0.4) is 0 Å². The predicted molar refractivity (Wildman–Crippen MR) is 143 cm³/mol. The number of alkyl halides is 3. The summed E-state index contributed by atoms with van der Waals surface area (Å²) >= 11 is 0. The molecular formula is C29H30F3N5O3. The average Bonchev–Trinajstić information content (AvgIpc) is 3.25. The Bertz CT molecular complexity index is 1450. The highest BCUT2D eigenvalue weighted by atomic mass is 19.4. The second-order valence-corrected chi connectivity index (χ2v) is 9.98. The zero-order chi connectivity index (χ0) is 28.1. The van der Waals surface area contributed by atoms with E-state index < -0.39 is 17.7 Å². The molecule has 40 heavy (non-hydrogen) atoms. The number of nitrogens with zero attached hydrogens (tertiary/aromatic N) is 4. The third kappa shape index (κ3) is 6.59. The third-order valence-corrected chi connectivity index (χ3v) is 7.15. The SMILES string of the molecule is O=C(O)c1nc(NCCC2CCC2)c2c(n1)nc(CCOCc1ccccc1)n2Cc1ccc(C(F)(F)F)cc1. The van der Waals surface area contributed by atoms with Crippen molar-refractivity contribution in [2.45, 2.75) is 51.4 Å². The van der Waals surface area contributed by atoms with Gasteiger partial charge in [-0.1, -0.05) is 61.7 Å². The monoisotopic (exact) mass is 553 g/mol. The quantitative estimate of drug-likeness (QED) is 0.209. The van der Waals surface area contributed by atoms with E-state index in [1.54, 1.807) is 0 Å². The van der Waals surface area contributed by atoms with Gasteiger partial charge in [0.05, 0.1) is 18.8 Å². The molecule has 4 aromatic rings. The molecule has 210 valence electrons. The Labute approximate surface area is 229 Å². The first-order chi connectivity index (χ1) is 19.3. The maximum Gasteiger partial charge on any atom is 0.416 e. The van der Waals surface area contributed by atoms with E-state index in [1.165, 1.54) is 31.4 Å². The molecule has 0 saturated heterocycles. The minimum Gasteiger partial charge on any atom is -0.475 e. The molecule has 2 aromatic heterocycles. The number of aromatic nitrogens is 4. The number of hydrogen-bond acceptors (Lipinski definition) is 6. The summed E-state index contributed by atoms with van der Waals surface area (Å²) in [6.45, 7) is 1.55. The second kappa shape index (κ2) is 12.0. The maximum atomic E-state index is 13.1. The Hall–Kier alpha value is -3.99. The van der Waals surface area contributed by atoms with Gasteiger partial charge in [-0.05, 0) is 35.6 Å².